The first-order valence-electron chi connectivity index (χ1n) is 6.08. The highest BCUT2D eigenvalue weighted by atomic mass is 35.5. The van der Waals surface area contributed by atoms with Crippen molar-refractivity contribution in [3.8, 4) is 5.75 Å². The molecule has 0 spiro atoms. The lowest BCUT2D eigenvalue weighted by Gasteiger charge is -2.18. The molecule has 1 heterocycles. The number of hydrogen-bond acceptors (Lipinski definition) is 4. The third-order valence-corrected chi connectivity index (χ3v) is 4.35. The highest BCUT2D eigenvalue weighted by molar-refractivity contribution is 7.92. The Morgan fingerprint density at radius 3 is 2.65 bits per heavy atom. The fourth-order valence-electron chi connectivity index (χ4n) is 1.66. The van der Waals surface area contributed by atoms with Gasteiger partial charge in [-0.05, 0) is 18.2 Å². The van der Waals surface area contributed by atoms with Gasteiger partial charge in [-0.3, -0.25) is 9.40 Å². The lowest BCUT2D eigenvalue weighted by Crippen LogP contribution is -2.32. The number of nitrogens with one attached hydrogen (secondary N) is 1. The smallest absolute Gasteiger partial charge is 0.429 e. The third kappa shape index (κ3) is 4.08. The Balaban J connectivity index is 2.23. The summed E-state index contributed by atoms with van der Waals surface area (Å²) in [7, 11) is -2.54. The van der Waals surface area contributed by atoms with Gasteiger partial charge in [-0.1, -0.05) is 17.7 Å². The van der Waals surface area contributed by atoms with Crippen molar-refractivity contribution in [3.05, 3.63) is 36.5 Å². The third-order valence-electron chi connectivity index (χ3n) is 2.65. The summed E-state index contributed by atoms with van der Waals surface area (Å²) in [5, 5.41) is 3.60. The molecule has 126 valence electrons. The molecule has 0 aliphatic carbocycles. The molecule has 1 aromatic heterocycles. The van der Waals surface area contributed by atoms with E-state index in [-0.39, 0.29) is 10.7 Å². The van der Waals surface area contributed by atoms with Gasteiger partial charge >= 0.3 is 6.11 Å². The molecule has 0 fully saturated rings. The predicted molar refractivity (Wildman–Crippen MR) is 76.8 cm³/mol. The number of rotatable bonds is 6. The molecule has 2 aromatic rings. The average molecular weight is 370 g/mol. The van der Waals surface area contributed by atoms with Crippen molar-refractivity contribution in [3.63, 3.8) is 0 Å². The van der Waals surface area contributed by atoms with Gasteiger partial charge in [-0.25, -0.2) is 4.39 Å². The first kappa shape index (κ1) is 17.4. The fraction of sp³-hybridized carbons (Fsp3) is 0.250. The summed E-state index contributed by atoms with van der Waals surface area (Å²) in [6.07, 6.45) is -2.96. The second kappa shape index (κ2) is 6.28. The van der Waals surface area contributed by atoms with E-state index < -0.39 is 27.5 Å². The van der Waals surface area contributed by atoms with Crippen molar-refractivity contribution in [1.82, 2.24) is 9.78 Å². The molecule has 0 radical (unpaired) electrons. The molecular formula is C12H11ClF3N3O3S. The van der Waals surface area contributed by atoms with E-state index in [2.05, 4.69) is 26.2 Å². The van der Waals surface area contributed by atoms with Gasteiger partial charge < -0.3 is 4.74 Å². The molecule has 23 heavy (non-hydrogen) atoms. The Morgan fingerprint density at radius 1 is 1.39 bits per heavy atom. The maximum Gasteiger partial charge on any atom is 0.444 e. The maximum atomic E-state index is 13.1. The fourth-order valence-corrected chi connectivity index (χ4v) is 2.88. The van der Waals surface area contributed by atoms with Crippen molar-refractivity contribution in [2.45, 2.75) is 16.8 Å². The lowest BCUT2D eigenvalue weighted by atomic mass is 10.3. The standard InChI is InChI=1S/C12H11ClF3N3O3S/c1-19-10(5-6-17-19)23(20,21)18-8-3-2-4-9(7-8)22-12(15,16)11(13)14/h2-7,11,18H,1H3. The van der Waals surface area contributed by atoms with Crippen LogP contribution in [-0.4, -0.2) is 29.9 Å². The molecule has 0 saturated heterocycles. The second-order valence-corrected chi connectivity index (χ2v) is 6.40. The molecule has 1 atom stereocenters. The Hall–Kier alpha value is -1.94. The van der Waals surface area contributed by atoms with E-state index in [1.165, 1.54) is 31.4 Å². The van der Waals surface area contributed by atoms with Gasteiger partial charge in [0.1, 0.15) is 5.75 Å². The number of benzene rings is 1. The van der Waals surface area contributed by atoms with Crippen molar-refractivity contribution in [2.75, 3.05) is 4.72 Å². The van der Waals surface area contributed by atoms with E-state index >= 15 is 0 Å². The summed E-state index contributed by atoms with van der Waals surface area (Å²) >= 11 is 4.69. The summed E-state index contributed by atoms with van der Waals surface area (Å²) in [6, 6.07) is 5.91. The number of alkyl halides is 4. The number of hydrogen-bond donors (Lipinski definition) is 1. The molecule has 1 aromatic carbocycles. The van der Waals surface area contributed by atoms with Crippen LogP contribution in [0.15, 0.2) is 41.6 Å². The maximum absolute atomic E-state index is 13.1. The monoisotopic (exact) mass is 369 g/mol. The first-order chi connectivity index (χ1) is 10.6. The molecule has 1 N–H and O–H groups in total. The van der Waals surface area contributed by atoms with E-state index in [0.717, 1.165) is 16.8 Å². The largest absolute Gasteiger partial charge is 0.444 e. The average Bonchev–Trinajstić information content (AvgIpc) is 2.85. The summed E-state index contributed by atoms with van der Waals surface area (Å²) < 4.78 is 70.5. The summed E-state index contributed by atoms with van der Waals surface area (Å²) in [5.41, 5.74) is -3.10. The first-order valence-corrected chi connectivity index (χ1v) is 7.99. The number of anilines is 1. The van der Waals surface area contributed by atoms with Crippen LogP contribution in [0.5, 0.6) is 5.75 Å². The number of halogens is 4. The Bertz CT molecular complexity index is 796. The predicted octanol–water partition coefficient (Wildman–Crippen LogP) is 2.73. The normalized spacial score (nSPS) is 13.6. The van der Waals surface area contributed by atoms with E-state index in [1.54, 1.807) is 0 Å². The minimum absolute atomic E-state index is 0.0514. The molecule has 0 saturated carbocycles. The molecule has 11 heteroatoms. The van der Waals surface area contributed by atoms with Crippen LogP contribution < -0.4 is 9.46 Å². The van der Waals surface area contributed by atoms with Crippen LogP contribution in [0.4, 0.5) is 18.9 Å². The topological polar surface area (TPSA) is 73.2 Å². The van der Waals surface area contributed by atoms with E-state index in [1.807, 2.05) is 0 Å². The minimum Gasteiger partial charge on any atom is -0.429 e. The number of aryl methyl sites for hydroxylation is 1. The molecule has 0 aliphatic heterocycles. The van der Waals surface area contributed by atoms with Gasteiger partial charge in [0.05, 0.1) is 11.9 Å². The highest BCUT2D eigenvalue weighted by Gasteiger charge is 2.42. The van der Waals surface area contributed by atoms with Crippen LogP contribution >= 0.6 is 11.6 Å². The van der Waals surface area contributed by atoms with Crippen molar-refractivity contribution >= 4 is 27.3 Å². The molecule has 2 rings (SSSR count). The van der Waals surface area contributed by atoms with Gasteiger partial charge in [0, 0.05) is 13.1 Å². The Labute approximate surface area is 134 Å². The minimum atomic E-state index is -4.25. The summed E-state index contributed by atoms with van der Waals surface area (Å²) in [6.45, 7) is 0. The lowest BCUT2D eigenvalue weighted by molar-refractivity contribution is -0.198. The Morgan fingerprint density at radius 2 is 2.09 bits per heavy atom. The van der Waals surface area contributed by atoms with Crippen LogP contribution in [-0.2, 0) is 17.1 Å². The zero-order valence-electron chi connectivity index (χ0n) is 11.6. The van der Waals surface area contributed by atoms with Crippen molar-refractivity contribution in [1.29, 1.82) is 0 Å². The summed E-state index contributed by atoms with van der Waals surface area (Å²) in [5.74, 6) is -0.455. The zero-order valence-corrected chi connectivity index (χ0v) is 13.2. The van der Waals surface area contributed by atoms with Crippen LogP contribution in [0.1, 0.15) is 0 Å². The van der Waals surface area contributed by atoms with Crippen LogP contribution in [0.3, 0.4) is 0 Å². The zero-order chi connectivity index (χ0) is 17.3. The van der Waals surface area contributed by atoms with Gasteiger partial charge in [0.15, 0.2) is 5.03 Å². The summed E-state index contributed by atoms with van der Waals surface area (Å²) in [4.78, 5) is 0. The number of ether oxygens (including phenoxy) is 1. The number of sulfonamides is 1. The van der Waals surface area contributed by atoms with Crippen LogP contribution in [0.25, 0.3) is 0 Å². The van der Waals surface area contributed by atoms with Gasteiger partial charge in [0.2, 0.25) is 0 Å². The molecule has 0 bridgehead atoms. The van der Waals surface area contributed by atoms with Gasteiger partial charge in [0.25, 0.3) is 15.7 Å². The molecule has 1 unspecified atom stereocenters. The number of nitrogens with zero attached hydrogens (tertiary/aromatic N) is 2. The van der Waals surface area contributed by atoms with E-state index in [4.69, 9.17) is 0 Å². The van der Waals surface area contributed by atoms with E-state index in [9.17, 15) is 21.6 Å². The highest BCUT2D eigenvalue weighted by Crippen LogP contribution is 2.30. The molecule has 0 aliphatic rings. The molecule has 0 amide bonds. The van der Waals surface area contributed by atoms with Gasteiger partial charge in [-0.15, -0.1) is 0 Å². The molecule has 6 nitrogen and oxygen atoms in total. The second-order valence-electron chi connectivity index (χ2n) is 4.39. The SMILES string of the molecule is Cn1nccc1S(=O)(=O)Nc1cccc(OC(F)(F)C(F)Cl)c1. The van der Waals surface area contributed by atoms with Crippen LogP contribution in [0.2, 0.25) is 0 Å². The van der Waals surface area contributed by atoms with Crippen LogP contribution in [0, 0.1) is 0 Å². The molecular weight excluding hydrogens is 359 g/mol. The van der Waals surface area contributed by atoms with Crippen molar-refractivity contribution < 1.29 is 26.3 Å². The van der Waals surface area contributed by atoms with E-state index in [0.29, 0.717) is 0 Å². The van der Waals surface area contributed by atoms with Crippen molar-refractivity contribution in [2.24, 2.45) is 7.05 Å². The quantitative estimate of drug-likeness (QED) is 0.795. The number of aromatic nitrogens is 2. The Kier molecular flexibility index (Phi) is 4.76. The van der Waals surface area contributed by atoms with Gasteiger partial charge in [-0.2, -0.15) is 22.3 Å².